The zero-order chi connectivity index (χ0) is 8.43. The molecule has 3 unspecified atom stereocenters. The van der Waals surface area contributed by atoms with Crippen LogP contribution < -0.4 is 5.32 Å². The summed E-state index contributed by atoms with van der Waals surface area (Å²) in [6.07, 6.45) is -1.95. The van der Waals surface area contributed by atoms with Gasteiger partial charge in [-0.05, 0) is 13.8 Å². The minimum atomic E-state index is -0.794. The lowest BCUT2D eigenvalue weighted by atomic mass is 10.2. The van der Waals surface area contributed by atoms with Crippen molar-refractivity contribution in [1.29, 1.82) is 0 Å². The summed E-state index contributed by atoms with van der Waals surface area (Å²) >= 11 is 0. The molecule has 66 valence electrons. The highest BCUT2D eigenvalue weighted by Gasteiger charge is 2.34. The van der Waals surface area contributed by atoms with Gasteiger partial charge < -0.3 is 14.9 Å². The molecule has 0 aromatic carbocycles. The molecule has 0 aromatic heterocycles. The summed E-state index contributed by atoms with van der Waals surface area (Å²) in [5.74, 6) is 0. The Morgan fingerprint density at radius 3 is 2.45 bits per heavy atom. The fourth-order valence-corrected chi connectivity index (χ4v) is 1.08. The Bertz CT molecular complexity index is 129. The second kappa shape index (κ2) is 3.49. The molecule has 1 aliphatic rings. The Labute approximate surface area is 66.2 Å². The van der Waals surface area contributed by atoms with E-state index >= 15 is 0 Å². The van der Waals surface area contributed by atoms with E-state index in [0.717, 1.165) is 0 Å². The van der Waals surface area contributed by atoms with E-state index in [1.165, 1.54) is 0 Å². The Balaban J connectivity index is 2.36. The van der Waals surface area contributed by atoms with Crippen molar-refractivity contribution in [3.8, 4) is 0 Å². The molecule has 1 rings (SSSR count). The number of hydrogen-bond acceptors (Lipinski definition) is 4. The molecule has 0 spiro atoms. The van der Waals surface area contributed by atoms with E-state index in [-0.39, 0.29) is 12.6 Å². The van der Waals surface area contributed by atoms with Crippen molar-refractivity contribution in [1.82, 2.24) is 5.32 Å². The van der Waals surface area contributed by atoms with Crippen LogP contribution in [0.4, 0.5) is 0 Å². The second-order valence-corrected chi connectivity index (χ2v) is 3.13. The molecule has 11 heavy (non-hydrogen) atoms. The molecule has 4 nitrogen and oxygen atoms in total. The van der Waals surface area contributed by atoms with Crippen LogP contribution in [-0.2, 0) is 4.74 Å². The molecule has 0 aliphatic carbocycles. The molecule has 0 amide bonds. The van der Waals surface area contributed by atoms with E-state index in [0.29, 0.717) is 0 Å². The van der Waals surface area contributed by atoms with Gasteiger partial charge in [0.1, 0.15) is 18.4 Å². The Hall–Kier alpha value is -0.160. The quantitative estimate of drug-likeness (QED) is 0.489. The molecule has 1 saturated heterocycles. The first kappa shape index (κ1) is 8.93. The van der Waals surface area contributed by atoms with Crippen molar-refractivity contribution < 1.29 is 14.9 Å². The fourth-order valence-electron chi connectivity index (χ4n) is 1.08. The summed E-state index contributed by atoms with van der Waals surface area (Å²) in [7, 11) is 0. The monoisotopic (exact) mass is 161 g/mol. The van der Waals surface area contributed by atoms with Gasteiger partial charge >= 0.3 is 0 Å². The zero-order valence-electron chi connectivity index (χ0n) is 6.82. The lowest BCUT2D eigenvalue weighted by Gasteiger charge is -2.18. The molecular weight excluding hydrogens is 146 g/mol. The maximum absolute atomic E-state index is 9.27. The van der Waals surface area contributed by atoms with Crippen LogP contribution in [0.25, 0.3) is 0 Å². The molecule has 1 fully saturated rings. The van der Waals surface area contributed by atoms with E-state index in [1.807, 2.05) is 13.8 Å². The summed E-state index contributed by atoms with van der Waals surface area (Å²) in [6, 6.07) is 0.250. The molecule has 3 atom stereocenters. The number of aliphatic hydroxyl groups excluding tert-OH is 2. The second-order valence-electron chi connectivity index (χ2n) is 3.13. The third-order valence-corrected chi connectivity index (χ3v) is 1.65. The normalized spacial score (nSPS) is 38.5. The molecule has 0 radical (unpaired) electrons. The Kier molecular flexibility index (Phi) is 2.84. The van der Waals surface area contributed by atoms with Gasteiger partial charge in [-0.15, -0.1) is 0 Å². The first-order valence-electron chi connectivity index (χ1n) is 3.85. The summed E-state index contributed by atoms with van der Waals surface area (Å²) in [5, 5.41) is 21.3. The van der Waals surface area contributed by atoms with E-state index in [9.17, 15) is 5.11 Å². The van der Waals surface area contributed by atoms with Gasteiger partial charge in [0.25, 0.3) is 0 Å². The highest BCUT2D eigenvalue weighted by Crippen LogP contribution is 2.11. The lowest BCUT2D eigenvalue weighted by molar-refractivity contribution is 0.00151. The van der Waals surface area contributed by atoms with E-state index in [4.69, 9.17) is 9.84 Å². The van der Waals surface area contributed by atoms with Crippen LogP contribution in [0.3, 0.4) is 0 Å². The van der Waals surface area contributed by atoms with Gasteiger partial charge in [0.15, 0.2) is 0 Å². The predicted molar refractivity (Wildman–Crippen MR) is 40.0 cm³/mol. The summed E-state index contributed by atoms with van der Waals surface area (Å²) < 4.78 is 5.08. The van der Waals surface area contributed by atoms with Gasteiger partial charge in [0.05, 0.1) is 6.61 Å². The Morgan fingerprint density at radius 2 is 2.09 bits per heavy atom. The number of aliphatic hydroxyl groups is 2. The van der Waals surface area contributed by atoms with Crippen molar-refractivity contribution in [2.75, 3.05) is 6.61 Å². The minimum Gasteiger partial charge on any atom is -0.388 e. The topological polar surface area (TPSA) is 61.7 Å². The molecule has 1 heterocycles. The van der Waals surface area contributed by atoms with Crippen LogP contribution in [0.1, 0.15) is 13.8 Å². The van der Waals surface area contributed by atoms with Gasteiger partial charge in [-0.3, -0.25) is 5.32 Å². The SMILES string of the molecule is CC(C)NC1OCC(O)C1O. The van der Waals surface area contributed by atoms with Crippen molar-refractivity contribution in [2.24, 2.45) is 0 Å². The van der Waals surface area contributed by atoms with Gasteiger partial charge in [-0.1, -0.05) is 0 Å². The van der Waals surface area contributed by atoms with Gasteiger partial charge in [0, 0.05) is 6.04 Å². The van der Waals surface area contributed by atoms with Gasteiger partial charge in [-0.25, -0.2) is 0 Å². The average Bonchev–Trinajstić information content (AvgIpc) is 2.18. The Morgan fingerprint density at radius 1 is 1.45 bits per heavy atom. The molecule has 0 bridgehead atoms. The first-order valence-corrected chi connectivity index (χ1v) is 3.85. The highest BCUT2D eigenvalue weighted by molar-refractivity contribution is 4.82. The van der Waals surface area contributed by atoms with Crippen molar-refractivity contribution in [3.05, 3.63) is 0 Å². The van der Waals surface area contributed by atoms with Crippen molar-refractivity contribution in [2.45, 2.75) is 38.3 Å². The lowest BCUT2D eigenvalue weighted by Crippen LogP contribution is -2.43. The molecule has 3 N–H and O–H groups in total. The maximum atomic E-state index is 9.27. The summed E-state index contributed by atoms with van der Waals surface area (Å²) in [6.45, 7) is 4.13. The number of rotatable bonds is 2. The van der Waals surface area contributed by atoms with Crippen LogP contribution >= 0.6 is 0 Å². The minimum absolute atomic E-state index is 0.214. The zero-order valence-corrected chi connectivity index (χ0v) is 6.82. The van der Waals surface area contributed by atoms with Crippen LogP contribution in [0, 0.1) is 0 Å². The van der Waals surface area contributed by atoms with Crippen molar-refractivity contribution >= 4 is 0 Å². The van der Waals surface area contributed by atoms with E-state index in [1.54, 1.807) is 0 Å². The van der Waals surface area contributed by atoms with Crippen LogP contribution in [0.5, 0.6) is 0 Å². The maximum Gasteiger partial charge on any atom is 0.137 e. The van der Waals surface area contributed by atoms with Crippen LogP contribution in [0.2, 0.25) is 0 Å². The smallest absolute Gasteiger partial charge is 0.137 e. The predicted octanol–water partition coefficient (Wildman–Crippen LogP) is -0.938. The standard InChI is InChI=1S/C7H15NO3/c1-4(2)8-7-6(10)5(9)3-11-7/h4-10H,3H2,1-2H3. The summed E-state index contributed by atoms with van der Waals surface area (Å²) in [4.78, 5) is 0. The number of ether oxygens (including phenoxy) is 1. The molecule has 1 aliphatic heterocycles. The third-order valence-electron chi connectivity index (χ3n) is 1.65. The number of nitrogens with one attached hydrogen (secondary N) is 1. The highest BCUT2D eigenvalue weighted by atomic mass is 16.5. The van der Waals surface area contributed by atoms with Crippen LogP contribution in [-0.4, -0.2) is 41.3 Å². The molecule has 0 aromatic rings. The molecule has 0 saturated carbocycles. The van der Waals surface area contributed by atoms with Crippen molar-refractivity contribution in [3.63, 3.8) is 0 Å². The average molecular weight is 161 g/mol. The molecular formula is C7H15NO3. The summed E-state index contributed by atoms with van der Waals surface area (Å²) in [5.41, 5.74) is 0. The third kappa shape index (κ3) is 2.13. The largest absolute Gasteiger partial charge is 0.388 e. The van der Waals surface area contributed by atoms with E-state index < -0.39 is 18.4 Å². The van der Waals surface area contributed by atoms with Crippen LogP contribution in [0.15, 0.2) is 0 Å². The van der Waals surface area contributed by atoms with E-state index in [2.05, 4.69) is 5.32 Å². The number of hydrogen-bond donors (Lipinski definition) is 3. The van der Waals surface area contributed by atoms with Gasteiger partial charge in [-0.2, -0.15) is 0 Å². The first-order chi connectivity index (χ1) is 5.11. The molecule has 4 heteroatoms. The van der Waals surface area contributed by atoms with Gasteiger partial charge in [0.2, 0.25) is 0 Å². The fraction of sp³-hybridized carbons (Fsp3) is 1.00.